The van der Waals surface area contributed by atoms with Crippen molar-refractivity contribution in [1.82, 2.24) is 24.5 Å². The van der Waals surface area contributed by atoms with Gasteiger partial charge in [-0.2, -0.15) is 10.1 Å². The van der Waals surface area contributed by atoms with Crippen LogP contribution in [0, 0.1) is 10.1 Å². The molecule has 4 rings (SSSR count). The maximum atomic E-state index is 10.8. The van der Waals surface area contributed by atoms with Crippen molar-refractivity contribution in [1.29, 1.82) is 0 Å². The Hall–Kier alpha value is -3.75. The highest BCUT2D eigenvalue weighted by molar-refractivity contribution is 5.56. The lowest BCUT2D eigenvalue weighted by Crippen LogP contribution is -2.07. The van der Waals surface area contributed by atoms with Gasteiger partial charge in [-0.05, 0) is 43.3 Å². The first-order chi connectivity index (χ1) is 12.6. The molecule has 0 fully saturated rings. The zero-order valence-electron chi connectivity index (χ0n) is 13.8. The molecular formula is C17H14N6O3. The van der Waals surface area contributed by atoms with E-state index in [4.69, 9.17) is 4.52 Å². The van der Waals surface area contributed by atoms with Crippen molar-refractivity contribution in [3.63, 3.8) is 0 Å². The van der Waals surface area contributed by atoms with Gasteiger partial charge in [-0.1, -0.05) is 5.16 Å². The lowest BCUT2D eigenvalue weighted by Gasteiger charge is -2.05. The van der Waals surface area contributed by atoms with E-state index in [0.29, 0.717) is 11.7 Å². The third-order valence-corrected chi connectivity index (χ3v) is 4.02. The molecule has 0 radical (unpaired) electrons. The van der Waals surface area contributed by atoms with Crippen LogP contribution in [0.2, 0.25) is 0 Å². The quantitative estimate of drug-likeness (QED) is 0.404. The number of benzene rings is 1. The SMILES string of the molecule is C[C@H](c1nc(-c2ccc(-n3cccc3)cc2)no1)n1cc([N+](=O)[O-])cn1. The van der Waals surface area contributed by atoms with Crippen LogP contribution < -0.4 is 0 Å². The monoisotopic (exact) mass is 350 g/mol. The third kappa shape index (κ3) is 2.86. The fourth-order valence-corrected chi connectivity index (χ4v) is 2.56. The van der Waals surface area contributed by atoms with Gasteiger partial charge in [0.25, 0.3) is 5.89 Å². The second kappa shape index (κ2) is 6.28. The van der Waals surface area contributed by atoms with Crippen LogP contribution in [0.15, 0.2) is 65.7 Å². The molecule has 3 aromatic heterocycles. The molecule has 3 heterocycles. The van der Waals surface area contributed by atoms with Gasteiger partial charge >= 0.3 is 5.69 Å². The van der Waals surface area contributed by atoms with Crippen LogP contribution in [0.3, 0.4) is 0 Å². The fraction of sp³-hybridized carbons (Fsp3) is 0.118. The fourth-order valence-electron chi connectivity index (χ4n) is 2.56. The van der Waals surface area contributed by atoms with Crippen molar-refractivity contribution in [2.75, 3.05) is 0 Å². The number of nitro groups is 1. The summed E-state index contributed by atoms with van der Waals surface area (Å²) in [4.78, 5) is 14.7. The lowest BCUT2D eigenvalue weighted by atomic mass is 10.2. The van der Waals surface area contributed by atoms with Gasteiger partial charge in [0.2, 0.25) is 5.82 Å². The van der Waals surface area contributed by atoms with E-state index in [2.05, 4.69) is 15.2 Å². The maximum Gasteiger partial charge on any atom is 0.307 e. The predicted octanol–water partition coefficient (Wildman–Crippen LogP) is 3.24. The van der Waals surface area contributed by atoms with Gasteiger partial charge in [0.1, 0.15) is 18.4 Å². The molecule has 0 amide bonds. The zero-order chi connectivity index (χ0) is 18.1. The number of rotatable bonds is 5. The molecule has 9 heteroatoms. The van der Waals surface area contributed by atoms with E-state index >= 15 is 0 Å². The van der Waals surface area contributed by atoms with Gasteiger partial charge in [0.05, 0.1) is 4.92 Å². The summed E-state index contributed by atoms with van der Waals surface area (Å²) in [7, 11) is 0. The molecule has 0 saturated heterocycles. The largest absolute Gasteiger partial charge is 0.337 e. The van der Waals surface area contributed by atoms with Crippen LogP contribution in [-0.4, -0.2) is 29.4 Å². The van der Waals surface area contributed by atoms with Crippen molar-refractivity contribution in [2.24, 2.45) is 0 Å². The Morgan fingerprint density at radius 3 is 2.58 bits per heavy atom. The summed E-state index contributed by atoms with van der Waals surface area (Å²) in [6, 6.07) is 11.3. The Bertz CT molecular complexity index is 1030. The zero-order valence-corrected chi connectivity index (χ0v) is 13.8. The maximum absolute atomic E-state index is 10.8. The molecule has 0 bridgehead atoms. The average Bonchev–Trinajstić information content (AvgIpc) is 3.42. The molecule has 0 aliphatic carbocycles. The Kier molecular flexibility index (Phi) is 3.81. The van der Waals surface area contributed by atoms with Gasteiger partial charge in [-0.25, -0.2) is 0 Å². The van der Waals surface area contributed by atoms with Crippen molar-refractivity contribution >= 4 is 5.69 Å². The Morgan fingerprint density at radius 2 is 1.92 bits per heavy atom. The molecule has 0 unspecified atom stereocenters. The summed E-state index contributed by atoms with van der Waals surface area (Å²) in [6.07, 6.45) is 6.45. The molecule has 1 aromatic carbocycles. The van der Waals surface area contributed by atoms with Gasteiger partial charge < -0.3 is 9.09 Å². The van der Waals surface area contributed by atoms with E-state index in [1.165, 1.54) is 17.1 Å². The minimum atomic E-state index is -0.498. The average molecular weight is 350 g/mol. The number of aromatic nitrogens is 5. The molecule has 0 aliphatic rings. The van der Waals surface area contributed by atoms with E-state index in [1.807, 2.05) is 53.4 Å². The van der Waals surface area contributed by atoms with Crippen LogP contribution in [0.4, 0.5) is 5.69 Å². The summed E-state index contributed by atoms with van der Waals surface area (Å²) in [5.41, 5.74) is 1.76. The van der Waals surface area contributed by atoms with E-state index < -0.39 is 11.0 Å². The predicted molar refractivity (Wildman–Crippen MR) is 91.8 cm³/mol. The molecule has 1 atom stereocenters. The summed E-state index contributed by atoms with van der Waals surface area (Å²) in [5.74, 6) is 0.778. The van der Waals surface area contributed by atoms with Crippen LogP contribution in [-0.2, 0) is 0 Å². The van der Waals surface area contributed by atoms with Crippen molar-refractivity contribution < 1.29 is 9.45 Å². The number of hydrogen-bond acceptors (Lipinski definition) is 6. The van der Waals surface area contributed by atoms with Crippen LogP contribution in [0.25, 0.3) is 17.1 Å². The molecule has 130 valence electrons. The highest BCUT2D eigenvalue weighted by atomic mass is 16.6. The van der Waals surface area contributed by atoms with E-state index in [1.54, 1.807) is 6.92 Å². The minimum absolute atomic E-state index is 0.0859. The Labute approximate surface area is 147 Å². The molecule has 0 spiro atoms. The molecule has 26 heavy (non-hydrogen) atoms. The summed E-state index contributed by atoms with van der Waals surface area (Å²) < 4.78 is 8.73. The van der Waals surface area contributed by atoms with Gasteiger partial charge in [0.15, 0.2) is 0 Å². The van der Waals surface area contributed by atoms with E-state index in [0.717, 1.165) is 11.3 Å². The standard InChI is InChI=1S/C17H14N6O3/c1-12(22-11-15(10-18-22)23(24)25)17-19-16(20-26-17)13-4-6-14(7-5-13)21-8-2-3-9-21/h2-12H,1H3/t12-/m1/s1. The normalized spacial score (nSPS) is 12.2. The van der Waals surface area contributed by atoms with Crippen molar-refractivity contribution in [3.8, 4) is 17.1 Å². The number of nitrogens with zero attached hydrogens (tertiary/aromatic N) is 6. The molecule has 0 N–H and O–H groups in total. The minimum Gasteiger partial charge on any atom is -0.337 e. The Balaban J connectivity index is 1.56. The third-order valence-electron chi connectivity index (χ3n) is 4.02. The summed E-state index contributed by atoms with van der Waals surface area (Å²) in [5, 5.41) is 18.8. The molecular weight excluding hydrogens is 336 g/mol. The lowest BCUT2D eigenvalue weighted by molar-refractivity contribution is -0.385. The van der Waals surface area contributed by atoms with Crippen LogP contribution >= 0.6 is 0 Å². The van der Waals surface area contributed by atoms with Crippen LogP contribution in [0.5, 0.6) is 0 Å². The molecule has 0 aliphatic heterocycles. The smallest absolute Gasteiger partial charge is 0.307 e. The second-order valence-corrected chi connectivity index (χ2v) is 5.71. The first-order valence-corrected chi connectivity index (χ1v) is 7.88. The molecule has 9 nitrogen and oxygen atoms in total. The Morgan fingerprint density at radius 1 is 1.19 bits per heavy atom. The summed E-state index contributed by atoms with van der Waals surface area (Å²) >= 11 is 0. The second-order valence-electron chi connectivity index (χ2n) is 5.71. The van der Waals surface area contributed by atoms with Gasteiger partial charge in [0, 0.05) is 23.6 Å². The topological polar surface area (TPSA) is 105 Å². The molecule has 4 aromatic rings. The summed E-state index contributed by atoms with van der Waals surface area (Å²) in [6.45, 7) is 1.78. The first kappa shape index (κ1) is 15.8. The van der Waals surface area contributed by atoms with Crippen molar-refractivity contribution in [2.45, 2.75) is 13.0 Å². The van der Waals surface area contributed by atoms with Gasteiger partial charge in [-0.3, -0.25) is 14.8 Å². The highest BCUT2D eigenvalue weighted by Crippen LogP contribution is 2.23. The number of hydrogen-bond donors (Lipinski definition) is 0. The van der Waals surface area contributed by atoms with Gasteiger partial charge in [-0.15, -0.1) is 0 Å². The van der Waals surface area contributed by atoms with E-state index in [-0.39, 0.29) is 5.69 Å². The highest BCUT2D eigenvalue weighted by Gasteiger charge is 2.20. The molecule has 0 saturated carbocycles. The van der Waals surface area contributed by atoms with Crippen LogP contribution in [0.1, 0.15) is 18.9 Å². The first-order valence-electron chi connectivity index (χ1n) is 7.88. The van der Waals surface area contributed by atoms with E-state index in [9.17, 15) is 10.1 Å². The van der Waals surface area contributed by atoms with Crippen molar-refractivity contribution in [3.05, 3.63) is 77.2 Å².